The average molecular weight is 387 g/mol. The molecule has 1 aliphatic heterocycles. The molecule has 2 heterocycles. The third-order valence-electron chi connectivity index (χ3n) is 7.11. The highest BCUT2D eigenvalue weighted by molar-refractivity contribution is 6.01. The number of amides is 1. The first-order valence-corrected chi connectivity index (χ1v) is 11.2. The van der Waals surface area contributed by atoms with Gasteiger partial charge in [0, 0.05) is 49.6 Å². The third kappa shape index (κ3) is 3.78. The second-order valence-electron chi connectivity index (χ2n) is 8.88. The molecule has 4 rings (SSSR count). The van der Waals surface area contributed by atoms with Crippen LogP contribution in [0.25, 0.3) is 0 Å². The predicted octanol–water partition coefficient (Wildman–Crippen LogP) is 3.83. The number of nitrogens with zero attached hydrogens (tertiary/aromatic N) is 2. The summed E-state index contributed by atoms with van der Waals surface area (Å²) in [5, 5.41) is 0. The average Bonchev–Trinajstić information content (AvgIpc) is 3.31. The summed E-state index contributed by atoms with van der Waals surface area (Å²) in [7, 11) is 1.95. The summed E-state index contributed by atoms with van der Waals surface area (Å²) in [5.74, 6) is 0.379. The number of likely N-dealkylation sites (N-methyl/N-ethyl adjacent to an activating group) is 1. The van der Waals surface area contributed by atoms with Crippen LogP contribution < -0.4 is 0 Å². The number of ether oxygens (including phenoxy) is 1. The van der Waals surface area contributed by atoms with Crippen LogP contribution in [-0.4, -0.2) is 47.0 Å². The van der Waals surface area contributed by atoms with Crippen molar-refractivity contribution in [2.45, 2.75) is 96.2 Å². The molecule has 1 saturated heterocycles. The topological polar surface area (TPSA) is 51.5 Å². The second kappa shape index (κ2) is 8.40. The highest BCUT2D eigenvalue weighted by Crippen LogP contribution is 2.32. The van der Waals surface area contributed by atoms with Gasteiger partial charge in [-0.05, 0) is 51.0 Å². The molecule has 1 aromatic rings. The quantitative estimate of drug-likeness (QED) is 0.773. The predicted molar refractivity (Wildman–Crippen MR) is 109 cm³/mol. The molecule has 28 heavy (non-hydrogen) atoms. The summed E-state index contributed by atoms with van der Waals surface area (Å²) < 4.78 is 8.15. The van der Waals surface area contributed by atoms with Crippen LogP contribution in [0.15, 0.2) is 0 Å². The molecule has 0 bridgehead atoms. The first kappa shape index (κ1) is 19.7. The SMILES string of the molecule is Cc1c(CC(=O)N(C)C2CCCCC2)c2c(n1CC1CCCO1)CCCC2=O. The Labute approximate surface area is 168 Å². The van der Waals surface area contributed by atoms with Crippen LogP contribution in [-0.2, 0) is 28.9 Å². The molecule has 0 N–H and O–H groups in total. The van der Waals surface area contributed by atoms with Crippen molar-refractivity contribution in [3.05, 3.63) is 22.5 Å². The van der Waals surface area contributed by atoms with Crippen molar-refractivity contribution >= 4 is 11.7 Å². The van der Waals surface area contributed by atoms with E-state index in [1.165, 1.54) is 19.3 Å². The fourth-order valence-corrected chi connectivity index (χ4v) is 5.39. The lowest BCUT2D eigenvalue weighted by molar-refractivity contribution is -0.131. The molecule has 0 aromatic carbocycles. The van der Waals surface area contributed by atoms with Gasteiger partial charge in [0.2, 0.25) is 5.91 Å². The van der Waals surface area contributed by atoms with Gasteiger partial charge < -0.3 is 14.2 Å². The monoisotopic (exact) mass is 386 g/mol. The van der Waals surface area contributed by atoms with Crippen LogP contribution >= 0.6 is 0 Å². The van der Waals surface area contributed by atoms with Crippen molar-refractivity contribution in [3.63, 3.8) is 0 Å². The Hall–Kier alpha value is -1.62. The van der Waals surface area contributed by atoms with Gasteiger partial charge in [-0.1, -0.05) is 19.3 Å². The Bertz CT molecular complexity index is 740. The number of carbonyl (C=O) groups is 2. The molecule has 1 unspecified atom stereocenters. The van der Waals surface area contributed by atoms with Crippen LogP contribution in [0, 0.1) is 6.92 Å². The Kier molecular flexibility index (Phi) is 5.91. The van der Waals surface area contributed by atoms with E-state index in [1.807, 2.05) is 11.9 Å². The van der Waals surface area contributed by atoms with Crippen molar-refractivity contribution in [1.29, 1.82) is 0 Å². The van der Waals surface area contributed by atoms with E-state index in [-0.39, 0.29) is 17.8 Å². The molecule has 154 valence electrons. The van der Waals surface area contributed by atoms with Gasteiger partial charge in [-0.15, -0.1) is 0 Å². The van der Waals surface area contributed by atoms with Gasteiger partial charge in [-0.2, -0.15) is 0 Å². The minimum Gasteiger partial charge on any atom is -0.376 e. The van der Waals surface area contributed by atoms with Gasteiger partial charge in [-0.3, -0.25) is 9.59 Å². The molecule has 1 atom stereocenters. The number of hydrogen-bond donors (Lipinski definition) is 0. The van der Waals surface area contributed by atoms with Gasteiger partial charge >= 0.3 is 0 Å². The van der Waals surface area contributed by atoms with E-state index < -0.39 is 0 Å². The number of carbonyl (C=O) groups excluding carboxylic acids is 2. The molecular formula is C23H34N2O3. The first-order valence-electron chi connectivity index (χ1n) is 11.2. The van der Waals surface area contributed by atoms with Gasteiger partial charge in [0.05, 0.1) is 12.5 Å². The molecule has 2 aliphatic carbocycles. The maximum Gasteiger partial charge on any atom is 0.227 e. The van der Waals surface area contributed by atoms with E-state index in [0.29, 0.717) is 18.9 Å². The molecule has 3 aliphatic rings. The van der Waals surface area contributed by atoms with E-state index in [9.17, 15) is 9.59 Å². The van der Waals surface area contributed by atoms with Gasteiger partial charge in [0.25, 0.3) is 0 Å². The van der Waals surface area contributed by atoms with Crippen LogP contribution in [0.1, 0.15) is 85.1 Å². The number of hydrogen-bond acceptors (Lipinski definition) is 3. The highest BCUT2D eigenvalue weighted by Gasteiger charge is 2.32. The molecule has 2 fully saturated rings. The van der Waals surface area contributed by atoms with Crippen molar-refractivity contribution in [2.75, 3.05) is 13.7 Å². The van der Waals surface area contributed by atoms with E-state index in [1.54, 1.807) is 0 Å². The maximum absolute atomic E-state index is 13.1. The van der Waals surface area contributed by atoms with E-state index in [4.69, 9.17) is 4.74 Å². The Morgan fingerprint density at radius 2 is 1.89 bits per heavy atom. The molecule has 0 radical (unpaired) electrons. The van der Waals surface area contributed by atoms with Crippen LogP contribution in [0.2, 0.25) is 0 Å². The number of ketones is 1. The number of aromatic nitrogens is 1. The Morgan fingerprint density at radius 3 is 2.61 bits per heavy atom. The molecule has 1 aromatic heterocycles. The second-order valence-corrected chi connectivity index (χ2v) is 8.88. The first-order chi connectivity index (χ1) is 13.6. The summed E-state index contributed by atoms with van der Waals surface area (Å²) in [6, 6.07) is 0.363. The summed E-state index contributed by atoms with van der Waals surface area (Å²) >= 11 is 0. The summed E-state index contributed by atoms with van der Waals surface area (Å²) in [5.41, 5.74) is 4.08. The van der Waals surface area contributed by atoms with Crippen molar-refractivity contribution in [3.8, 4) is 0 Å². The fourth-order valence-electron chi connectivity index (χ4n) is 5.39. The highest BCUT2D eigenvalue weighted by atomic mass is 16.5. The molecule has 5 nitrogen and oxygen atoms in total. The van der Waals surface area contributed by atoms with Crippen LogP contribution in [0.3, 0.4) is 0 Å². The van der Waals surface area contributed by atoms with Gasteiger partial charge in [-0.25, -0.2) is 0 Å². The smallest absolute Gasteiger partial charge is 0.227 e. The Balaban J connectivity index is 1.59. The molecule has 5 heteroatoms. The van der Waals surface area contributed by atoms with Crippen LogP contribution in [0.5, 0.6) is 0 Å². The minimum absolute atomic E-state index is 0.158. The lowest BCUT2D eigenvalue weighted by atomic mass is 9.91. The fraction of sp³-hybridized carbons (Fsp3) is 0.739. The zero-order valence-corrected chi connectivity index (χ0v) is 17.5. The van der Waals surface area contributed by atoms with Gasteiger partial charge in [0.15, 0.2) is 5.78 Å². The lowest BCUT2D eigenvalue weighted by Crippen LogP contribution is -2.39. The third-order valence-corrected chi connectivity index (χ3v) is 7.11. The van der Waals surface area contributed by atoms with E-state index in [0.717, 1.165) is 74.2 Å². The van der Waals surface area contributed by atoms with Gasteiger partial charge in [0.1, 0.15) is 0 Å². The van der Waals surface area contributed by atoms with Crippen molar-refractivity contribution < 1.29 is 14.3 Å². The summed E-state index contributed by atoms with van der Waals surface area (Å²) in [6.07, 6.45) is 11.2. The zero-order valence-electron chi connectivity index (χ0n) is 17.5. The molecule has 1 amide bonds. The maximum atomic E-state index is 13.1. The summed E-state index contributed by atoms with van der Waals surface area (Å²) in [6.45, 7) is 3.74. The minimum atomic E-state index is 0.158. The molecular weight excluding hydrogens is 352 g/mol. The number of rotatable bonds is 5. The standard InChI is InChI=1S/C23H34N2O3/c1-16-19(14-22(27)24(2)17-8-4-3-5-9-17)23-20(11-6-12-21(23)26)25(16)15-18-10-7-13-28-18/h17-18H,3-15H2,1-2H3. The van der Waals surface area contributed by atoms with E-state index in [2.05, 4.69) is 11.5 Å². The lowest BCUT2D eigenvalue weighted by Gasteiger charge is -2.31. The zero-order chi connectivity index (χ0) is 19.7. The van der Waals surface area contributed by atoms with Crippen LogP contribution in [0.4, 0.5) is 0 Å². The normalized spacial score (nSPS) is 23.1. The number of Topliss-reactive ketones (excluding diaryl/α,β-unsaturated/α-hetero) is 1. The van der Waals surface area contributed by atoms with E-state index >= 15 is 0 Å². The largest absolute Gasteiger partial charge is 0.376 e. The number of fused-ring (bicyclic) bond motifs is 1. The Morgan fingerprint density at radius 1 is 1.11 bits per heavy atom. The van der Waals surface area contributed by atoms with Crippen molar-refractivity contribution in [2.24, 2.45) is 0 Å². The molecule has 1 saturated carbocycles. The molecule has 0 spiro atoms. The summed E-state index contributed by atoms with van der Waals surface area (Å²) in [4.78, 5) is 27.8. The van der Waals surface area contributed by atoms with Crippen molar-refractivity contribution in [1.82, 2.24) is 9.47 Å².